The molecular weight excluding hydrogens is 186 g/mol. The third-order valence-corrected chi connectivity index (χ3v) is 3.52. The summed E-state index contributed by atoms with van der Waals surface area (Å²) in [4.78, 5) is 1.87. The van der Waals surface area contributed by atoms with Gasteiger partial charge >= 0.3 is 0 Å². The van der Waals surface area contributed by atoms with Crippen LogP contribution in [0.5, 0.6) is 0 Å². The molecule has 0 spiro atoms. The average molecular weight is 203 g/mol. The van der Waals surface area contributed by atoms with Gasteiger partial charge in [0.25, 0.3) is 0 Å². The minimum Gasteiger partial charge on any atom is -0.395 e. The fourth-order valence-corrected chi connectivity index (χ4v) is 2.82. The molecule has 2 fully saturated rings. The lowest BCUT2D eigenvalue weighted by atomic mass is 10.0. The minimum atomic E-state index is -0.889. The Bertz CT molecular complexity index is 211. The van der Waals surface area contributed by atoms with Crippen molar-refractivity contribution in [2.75, 3.05) is 13.2 Å². The van der Waals surface area contributed by atoms with Crippen LogP contribution >= 0.6 is 0 Å². The molecular formula is C9H17NO4. The second-order valence-electron chi connectivity index (χ2n) is 4.16. The van der Waals surface area contributed by atoms with Crippen molar-refractivity contribution >= 4 is 0 Å². The predicted molar refractivity (Wildman–Crippen MR) is 48.6 cm³/mol. The van der Waals surface area contributed by atoms with E-state index in [2.05, 4.69) is 0 Å². The van der Waals surface area contributed by atoms with Crippen molar-refractivity contribution in [2.24, 2.45) is 0 Å². The van der Waals surface area contributed by atoms with Gasteiger partial charge in [0.15, 0.2) is 0 Å². The summed E-state index contributed by atoms with van der Waals surface area (Å²) in [6.45, 7) is -0.155. The standard InChI is InChI=1S/C9H17NO4/c11-3-5-1-2-6-8(13)9(14)7(4-12)10(5)6/h5-9,11-14H,1-4H2/t5-,6-,7-,8+,9-/m1/s1. The second kappa shape index (κ2) is 3.75. The summed E-state index contributed by atoms with van der Waals surface area (Å²) in [5.41, 5.74) is 0. The van der Waals surface area contributed by atoms with Gasteiger partial charge in [-0.15, -0.1) is 0 Å². The van der Waals surface area contributed by atoms with E-state index in [1.807, 2.05) is 4.90 Å². The summed E-state index contributed by atoms with van der Waals surface area (Å²) in [5, 5.41) is 37.6. The van der Waals surface area contributed by atoms with E-state index in [0.717, 1.165) is 12.8 Å². The van der Waals surface area contributed by atoms with Crippen LogP contribution in [0.4, 0.5) is 0 Å². The zero-order valence-electron chi connectivity index (χ0n) is 7.95. The van der Waals surface area contributed by atoms with Crippen molar-refractivity contribution in [1.29, 1.82) is 0 Å². The molecule has 0 aliphatic carbocycles. The molecule has 4 N–H and O–H groups in total. The largest absolute Gasteiger partial charge is 0.395 e. The average Bonchev–Trinajstić information content (AvgIpc) is 2.69. The molecule has 2 saturated heterocycles. The maximum absolute atomic E-state index is 9.70. The van der Waals surface area contributed by atoms with Crippen LogP contribution in [-0.4, -0.2) is 68.9 Å². The molecule has 2 aliphatic heterocycles. The van der Waals surface area contributed by atoms with Crippen molar-refractivity contribution < 1.29 is 20.4 Å². The van der Waals surface area contributed by atoms with E-state index in [4.69, 9.17) is 10.2 Å². The highest BCUT2D eigenvalue weighted by Crippen LogP contribution is 2.36. The molecule has 0 unspecified atom stereocenters. The van der Waals surface area contributed by atoms with Crippen LogP contribution in [0.25, 0.3) is 0 Å². The van der Waals surface area contributed by atoms with Crippen LogP contribution in [0.1, 0.15) is 12.8 Å². The van der Waals surface area contributed by atoms with Crippen LogP contribution in [0.2, 0.25) is 0 Å². The maximum atomic E-state index is 9.70. The Morgan fingerprint density at radius 3 is 2.29 bits per heavy atom. The van der Waals surface area contributed by atoms with Crippen LogP contribution in [-0.2, 0) is 0 Å². The van der Waals surface area contributed by atoms with Crippen molar-refractivity contribution in [3.8, 4) is 0 Å². The monoisotopic (exact) mass is 203 g/mol. The van der Waals surface area contributed by atoms with Crippen LogP contribution < -0.4 is 0 Å². The van der Waals surface area contributed by atoms with Crippen molar-refractivity contribution in [3.63, 3.8) is 0 Å². The normalized spacial score (nSPS) is 48.4. The maximum Gasteiger partial charge on any atom is 0.0991 e. The summed E-state index contributed by atoms with van der Waals surface area (Å²) in [6, 6.07) is -0.544. The molecule has 5 nitrogen and oxygen atoms in total. The smallest absolute Gasteiger partial charge is 0.0991 e. The van der Waals surface area contributed by atoms with Crippen molar-refractivity contribution in [3.05, 3.63) is 0 Å². The Kier molecular flexibility index (Phi) is 2.77. The van der Waals surface area contributed by atoms with Crippen molar-refractivity contribution in [2.45, 2.75) is 43.2 Å². The predicted octanol–water partition coefficient (Wildman–Crippen LogP) is -2.09. The Morgan fingerprint density at radius 2 is 1.71 bits per heavy atom. The summed E-state index contributed by atoms with van der Waals surface area (Å²) in [5.74, 6) is 0. The third kappa shape index (κ3) is 1.28. The Labute approximate surface area is 82.6 Å². The van der Waals surface area contributed by atoms with Gasteiger partial charge in [-0.3, -0.25) is 4.90 Å². The van der Waals surface area contributed by atoms with Crippen molar-refractivity contribution in [1.82, 2.24) is 4.90 Å². The Balaban J connectivity index is 2.18. The van der Waals surface area contributed by atoms with E-state index < -0.39 is 18.2 Å². The molecule has 0 aromatic heterocycles. The quantitative estimate of drug-likeness (QED) is 0.413. The third-order valence-electron chi connectivity index (χ3n) is 3.52. The molecule has 0 aromatic rings. The molecule has 2 rings (SSSR count). The molecule has 5 atom stereocenters. The first-order valence-electron chi connectivity index (χ1n) is 5.06. The first-order chi connectivity index (χ1) is 6.70. The molecule has 0 saturated carbocycles. The molecule has 14 heavy (non-hydrogen) atoms. The van der Waals surface area contributed by atoms with Gasteiger partial charge in [0.05, 0.1) is 31.5 Å². The number of nitrogens with zero attached hydrogens (tertiary/aromatic N) is 1. The molecule has 0 aromatic carbocycles. The number of aliphatic hydroxyl groups is 4. The fraction of sp³-hybridized carbons (Fsp3) is 1.00. The van der Waals surface area contributed by atoms with Gasteiger partial charge in [-0.25, -0.2) is 0 Å². The minimum absolute atomic E-state index is 0.0203. The zero-order chi connectivity index (χ0) is 10.3. The molecule has 0 bridgehead atoms. The number of hydrogen-bond donors (Lipinski definition) is 4. The molecule has 82 valence electrons. The lowest BCUT2D eigenvalue weighted by Crippen LogP contribution is -2.45. The Morgan fingerprint density at radius 1 is 1.00 bits per heavy atom. The molecule has 0 amide bonds. The molecule has 5 heteroatoms. The lowest BCUT2D eigenvalue weighted by Gasteiger charge is -2.28. The van der Waals surface area contributed by atoms with Crippen LogP contribution in [0, 0.1) is 0 Å². The van der Waals surface area contributed by atoms with Crippen LogP contribution in [0.15, 0.2) is 0 Å². The van der Waals surface area contributed by atoms with Gasteiger partial charge in [-0.1, -0.05) is 0 Å². The van der Waals surface area contributed by atoms with E-state index in [1.54, 1.807) is 0 Å². The summed E-state index contributed by atoms with van der Waals surface area (Å²) >= 11 is 0. The number of aliphatic hydroxyl groups excluding tert-OH is 4. The molecule has 0 radical (unpaired) electrons. The SMILES string of the molecule is OC[C@H]1CC[C@@H]2[C@H](O)[C@H](O)[C@@H](CO)N12. The summed E-state index contributed by atoms with van der Waals surface area (Å²) < 4.78 is 0. The van der Waals surface area contributed by atoms with E-state index in [9.17, 15) is 10.2 Å². The van der Waals surface area contributed by atoms with Gasteiger partial charge < -0.3 is 20.4 Å². The van der Waals surface area contributed by atoms with Crippen LogP contribution in [0.3, 0.4) is 0 Å². The highest BCUT2D eigenvalue weighted by Gasteiger charge is 2.52. The van der Waals surface area contributed by atoms with E-state index >= 15 is 0 Å². The summed E-state index contributed by atoms with van der Waals surface area (Å²) in [7, 11) is 0. The highest BCUT2D eigenvalue weighted by molar-refractivity contribution is 5.06. The first kappa shape index (κ1) is 10.3. The number of hydrogen-bond acceptors (Lipinski definition) is 5. The first-order valence-corrected chi connectivity index (χ1v) is 5.06. The van der Waals surface area contributed by atoms with E-state index in [0.29, 0.717) is 0 Å². The Hall–Kier alpha value is -0.200. The fourth-order valence-electron chi connectivity index (χ4n) is 2.82. The topological polar surface area (TPSA) is 84.2 Å². The van der Waals surface area contributed by atoms with Gasteiger partial charge in [0.2, 0.25) is 0 Å². The zero-order valence-corrected chi connectivity index (χ0v) is 7.95. The van der Waals surface area contributed by atoms with Gasteiger partial charge in [0, 0.05) is 12.1 Å². The second-order valence-corrected chi connectivity index (χ2v) is 4.16. The number of rotatable bonds is 2. The van der Waals surface area contributed by atoms with Gasteiger partial charge in [-0.2, -0.15) is 0 Å². The van der Waals surface area contributed by atoms with E-state index in [-0.39, 0.29) is 25.3 Å². The number of fused-ring (bicyclic) bond motifs is 1. The summed E-state index contributed by atoms with van der Waals surface area (Å²) in [6.07, 6.45) is -0.0791. The highest BCUT2D eigenvalue weighted by atomic mass is 16.3. The van der Waals surface area contributed by atoms with Gasteiger partial charge in [0.1, 0.15) is 0 Å². The lowest BCUT2D eigenvalue weighted by molar-refractivity contribution is 0.00990. The molecule has 2 heterocycles. The van der Waals surface area contributed by atoms with Gasteiger partial charge in [-0.05, 0) is 12.8 Å². The molecule has 2 aliphatic rings. The van der Waals surface area contributed by atoms with E-state index in [1.165, 1.54) is 0 Å².